The van der Waals surface area contributed by atoms with Crippen LogP contribution in [-0.4, -0.2) is 10.8 Å². The number of anilines is 1. The minimum Gasteiger partial charge on any atom is -0.321 e. The van der Waals surface area contributed by atoms with Crippen molar-refractivity contribution < 1.29 is 9.72 Å². The molecule has 0 spiro atoms. The van der Waals surface area contributed by atoms with E-state index in [9.17, 15) is 14.9 Å². The van der Waals surface area contributed by atoms with Crippen LogP contribution in [0.5, 0.6) is 0 Å². The molecule has 1 N–H and O–H groups in total. The lowest BCUT2D eigenvalue weighted by Gasteiger charge is -2.05. The smallest absolute Gasteiger partial charge is 0.270 e. The average Bonchev–Trinajstić information content (AvgIpc) is 2.48. The Balaban J connectivity index is 2.08. The Bertz CT molecular complexity index is 762. The van der Waals surface area contributed by atoms with Crippen LogP contribution in [-0.2, 0) is 4.79 Å². The number of hydrogen-bond donors (Lipinski definition) is 1. The first kappa shape index (κ1) is 16.2. The number of benzene rings is 2. The minimum absolute atomic E-state index is 0.0292. The first-order valence-electron chi connectivity index (χ1n) is 6.14. The topological polar surface area (TPSA) is 72.2 Å². The Morgan fingerprint density at radius 3 is 2.73 bits per heavy atom. The molecular formula is C15H10BrClN2O3. The average molecular weight is 382 g/mol. The van der Waals surface area contributed by atoms with E-state index in [1.54, 1.807) is 30.3 Å². The quantitative estimate of drug-likeness (QED) is 0.475. The number of nitro groups is 1. The summed E-state index contributed by atoms with van der Waals surface area (Å²) in [5.41, 5.74) is 1.02. The largest absolute Gasteiger partial charge is 0.321 e. The molecule has 0 saturated heterocycles. The van der Waals surface area contributed by atoms with Gasteiger partial charge < -0.3 is 5.32 Å². The highest BCUT2D eigenvalue weighted by Crippen LogP contribution is 2.25. The van der Waals surface area contributed by atoms with E-state index in [0.717, 1.165) is 4.47 Å². The van der Waals surface area contributed by atoms with E-state index in [0.29, 0.717) is 16.3 Å². The van der Waals surface area contributed by atoms with Crippen LogP contribution >= 0.6 is 27.5 Å². The van der Waals surface area contributed by atoms with Crippen molar-refractivity contribution in [3.05, 3.63) is 73.7 Å². The molecule has 0 heterocycles. The van der Waals surface area contributed by atoms with Crippen LogP contribution in [0.25, 0.3) is 6.08 Å². The number of nitrogens with zero attached hydrogens (tertiary/aromatic N) is 1. The number of carbonyl (C=O) groups excluding carboxylic acids is 1. The molecule has 0 bridgehead atoms. The van der Waals surface area contributed by atoms with E-state index in [4.69, 9.17) is 11.6 Å². The molecule has 0 saturated carbocycles. The molecule has 22 heavy (non-hydrogen) atoms. The summed E-state index contributed by atoms with van der Waals surface area (Å²) in [5, 5.41) is 13.7. The third kappa shape index (κ3) is 4.41. The number of nitrogens with one attached hydrogen (secondary N) is 1. The molecule has 0 radical (unpaired) electrons. The van der Waals surface area contributed by atoms with Crippen molar-refractivity contribution in [2.45, 2.75) is 0 Å². The molecule has 2 aromatic carbocycles. The van der Waals surface area contributed by atoms with E-state index in [2.05, 4.69) is 21.2 Å². The van der Waals surface area contributed by atoms with Gasteiger partial charge in [0.1, 0.15) is 0 Å². The van der Waals surface area contributed by atoms with Gasteiger partial charge >= 0.3 is 0 Å². The first-order chi connectivity index (χ1) is 10.5. The van der Waals surface area contributed by atoms with Crippen molar-refractivity contribution in [3.8, 4) is 0 Å². The second-order valence-corrected chi connectivity index (χ2v) is 5.62. The number of hydrogen-bond acceptors (Lipinski definition) is 3. The van der Waals surface area contributed by atoms with Crippen molar-refractivity contribution in [3.63, 3.8) is 0 Å². The monoisotopic (exact) mass is 380 g/mol. The molecule has 0 atom stereocenters. The van der Waals surface area contributed by atoms with Crippen molar-refractivity contribution in [2.75, 3.05) is 5.32 Å². The molecule has 0 aliphatic carbocycles. The number of carbonyl (C=O) groups is 1. The van der Waals surface area contributed by atoms with Crippen LogP contribution in [0.2, 0.25) is 5.02 Å². The van der Waals surface area contributed by atoms with E-state index in [-0.39, 0.29) is 11.6 Å². The molecule has 2 rings (SSSR count). The van der Waals surface area contributed by atoms with E-state index in [1.807, 2.05) is 0 Å². The van der Waals surface area contributed by atoms with Gasteiger partial charge in [-0.1, -0.05) is 39.7 Å². The van der Waals surface area contributed by atoms with Gasteiger partial charge in [0.25, 0.3) is 5.69 Å². The summed E-state index contributed by atoms with van der Waals surface area (Å²) < 4.78 is 0.808. The number of amides is 1. The summed E-state index contributed by atoms with van der Waals surface area (Å²) in [7, 11) is 0. The van der Waals surface area contributed by atoms with Gasteiger partial charge in [0.05, 0.1) is 15.6 Å². The summed E-state index contributed by atoms with van der Waals surface area (Å²) in [6.07, 6.45) is 2.78. The molecule has 0 fully saturated rings. The van der Waals surface area contributed by atoms with Crippen molar-refractivity contribution in [2.24, 2.45) is 0 Å². The van der Waals surface area contributed by atoms with Crippen LogP contribution in [0, 0.1) is 10.1 Å². The first-order valence-corrected chi connectivity index (χ1v) is 7.31. The van der Waals surface area contributed by atoms with Crippen LogP contribution in [0.4, 0.5) is 11.4 Å². The molecule has 0 aliphatic heterocycles. The normalized spacial score (nSPS) is 10.6. The third-order valence-electron chi connectivity index (χ3n) is 2.70. The Hall–Kier alpha value is -2.18. The summed E-state index contributed by atoms with van der Waals surface area (Å²) >= 11 is 9.28. The molecule has 0 unspecified atom stereocenters. The summed E-state index contributed by atoms with van der Waals surface area (Å²) in [6.45, 7) is 0. The van der Waals surface area contributed by atoms with Gasteiger partial charge in [-0.15, -0.1) is 0 Å². The number of rotatable bonds is 4. The lowest BCUT2D eigenvalue weighted by Crippen LogP contribution is -2.08. The highest BCUT2D eigenvalue weighted by atomic mass is 79.9. The second-order valence-electron chi connectivity index (χ2n) is 4.30. The van der Waals surface area contributed by atoms with Gasteiger partial charge in [0.2, 0.25) is 5.91 Å². The standard InChI is InChI=1S/C15H10BrClN2O3/c16-11-5-6-14(13(17)9-11)18-15(20)7-4-10-2-1-3-12(8-10)19(21)22/h1-9H,(H,18,20)/b7-4+. The zero-order valence-electron chi connectivity index (χ0n) is 11.1. The molecule has 5 nitrogen and oxygen atoms in total. The maximum Gasteiger partial charge on any atom is 0.270 e. The number of nitro benzene ring substituents is 1. The molecule has 0 aliphatic rings. The number of non-ortho nitro benzene ring substituents is 1. The fourth-order valence-electron chi connectivity index (χ4n) is 1.68. The molecule has 2 aromatic rings. The summed E-state index contributed by atoms with van der Waals surface area (Å²) in [4.78, 5) is 22.0. The molecule has 112 valence electrons. The second kappa shape index (κ2) is 7.20. The maximum absolute atomic E-state index is 11.8. The minimum atomic E-state index is -0.487. The van der Waals surface area contributed by atoms with Crippen molar-refractivity contribution in [1.29, 1.82) is 0 Å². The maximum atomic E-state index is 11.8. The Morgan fingerprint density at radius 1 is 1.27 bits per heavy atom. The lowest BCUT2D eigenvalue weighted by atomic mass is 10.2. The van der Waals surface area contributed by atoms with Crippen molar-refractivity contribution >= 4 is 50.9 Å². The predicted octanol–water partition coefficient (Wildman–Crippen LogP) is 4.66. The lowest BCUT2D eigenvalue weighted by molar-refractivity contribution is -0.384. The van der Waals surface area contributed by atoms with Crippen LogP contribution < -0.4 is 5.32 Å². The van der Waals surface area contributed by atoms with E-state index in [1.165, 1.54) is 24.3 Å². The van der Waals surface area contributed by atoms with Gasteiger partial charge in [-0.3, -0.25) is 14.9 Å². The van der Waals surface area contributed by atoms with Gasteiger partial charge in [-0.2, -0.15) is 0 Å². The SMILES string of the molecule is O=C(/C=C/c1cccc([N+](=O)[O-])c1)Nc1ccc(Br)cc1Cl. The number of halogens is 2. The predicted molar refractivity (Wildman–Crippen MR) is 89.9 cm³/mol. The fraction of sp³-hybridized carbons (Fsp3) is 0. The zero-order chi connectivity index (χ0) is 16.1. The van der Waals surface area contributed by atoms with Crippen LogP contribution in [0.15, 0.2) is 53.0 Å². The fourth-order valence-corrected chi connectivity index (χ4v) is 2.40. The molecular weight excluding hydrogens is 372 g/mol. The van der Waals surface area contributed by atoms with Gasteiger partial charge in [0.15, 0.2) is 0 Å². The highest BCUT2D eigenvalue weighted by Gasteiger charge is 2.05. The Morgan fingerprint density at radius 2 is 2.05 bits per heavy atom. The zero-order valence-corrected chi connectivity index (χ0v) is 13.5. The third-order valence-corrected chi connectivity index (χ3v) is 3.50. The molecule has 1 amide bonds. The Kier molecular flexibility index (Phi) is 5.30. The summed E-state index contributed by atoms with van der Waals surface area (Å²) in [6, 6.07) is 11.1. The van der Waals surface area contributed by atoms with E-state index < -0.39 is 4.92 Å². The van der Waals surface area contributed by atoms with E-state index >= 15 is 0 Å². The van der Waals surface area contributed by atoms with Crippen LogP contribution in [0.1, 0.15) is 5.56 Å². The van der Waals surface area contributed by atoms with Crippen molar-refractivity contribution in [1.82, 2.24) is 0 Å². The van der Waals surface area contributed by atoms with Crippen LogP contribution in [0.3, 0.4) is 0 Å². The van der Waals surface area contributed by atoms with Gasteiger partial charge in [-0.05, 0) is 29.8 Å². The molecule has 7 heteroatoms. The molecule has 0 aromatic heterocycles. The summed E-state index contributed by atoms with van der Waals surface area (Å²) in [5.74, 6) is -0.379. The van der Waals surface area contributed by atoms with Gasteiger partial charge in [-0.25, -0.2) is 0 Å². The Labute approximate surface area is 139 Å². The highest BCUT2D eigenvalue weighted by molar-refractivity contribution is 9.10. The van der Waals surface area contributed by atoms with Gasteiger partial charge in [0, 0.05) is 22.7 Å².